The van der Waals surface area contributed by atoms with Crippen LogP contribution in [0.15, 0.2) is 59.5 Å². The van der Waals surface area contributed by atoms with Crippen LogP contribution < -0.4 is 0 Å². The fourth-order valence-electron chi connectivity index (χ4n) is 5.54. The number of thiocarbonyl (C=S) groups is 1. The van der Waals surface area contributed by atoms with Crippen molar-refractivity contribution >= 4 is 74.8 Å². The van der Waals surface area contributed by atoms with Gasteiger partial charge >= 0.3 is 0 Å². The zero-order chi connectivity index (χ0) is 23.4. The van der Waals surface area contributed by atoms with Crippen LogP contribution in [0.1, 0.15) is 30.6 Å². The molecule has 2 aromatic carbocycles. The van der Waals surface area contributed by atoms with E-state index in [9.17, 15) is 4.79 Å². The number of nitrogens with zero attached hydrogens (tertiary/aromatic N) is 1. The van der Waals surface area contributed by atoms with Gasteiger partial charge in [-0.3, -0.25) is 9.69 Å². The van der Waals surface area contributed by atoms with Crippen LogP contribution in [0.4, 0.5) is 0 Å². The predicted molar refractivity (Wildman–Crippen MR) is 149 cm³/mol. The van der Waals surface area contributed by atoms with Crippen molar-refractivity contribution in [2.24, 2.45) is 11.8 Å². The molecule has 2 nitrogen and oxygen atoms in total. The van der Waals surface area contributed by atoms with Crippen LogP contribution >= 0.6 is 58.5 Å². The van der Waals surface area contributed by atoms with E-state index in [0.717, 1.165) is 38.8 Å². The molecule has 172 valence electrons. The van der Waals surface area contributed by atoms with E-state index in [1.54, 1.807) is 11.3 Å². The van der Waals surface area contributed by atoms with Gasteiger partial charge in [0.15, 0.2) is 0 Å². The van der Waals surface area contributed by atoms with Gasteiger partial charge in [-0.2, -0.15) is 0 Å². The van der Waals surface area contributed by atoms with Crippen molar-refractivity contribution < 1.29 is 4.79 Å². The van der Waals surface area contributed by atoms with Gasteiger partial charge in [0, 0.05) is 31.4 Å². The third-order valence-corrected chi connectivity index (χ3v) is 10.1. The molecule has 34 heavy (non-hydrogen) atoms. The lowest BCUT2D eigenvalue weighted by Gasteiger charge is -2.30. The van der Waals surface area contributed by atoms with E-state index >= 15 is 0 Å². The lowest BCUT2D eigenvalue weighted by molar-refractivity contribution is -0.124. The van der Waals surface area contributed by atoms with Crippen molar-refractivity contribution in [3.05, 3.63) is 74.4 Å². The van der Waals surface area contributed by atoms with Gasteiger partial charge in [-0.25, -0.2) is 0 Å². The molecular formula is C27H21Cl2NOS3. The Morgan fingerprint density at radius 2 is 1.62 bits per heavy atom. The Morgan fingerprint density at radius 3 is 2.24 bits per heavy atom. The van der Waals surface area contributed by atoms with Crippen LogP contribution in [0.2, 0.25) is 10.0 Å². The molecule has 1 amide bonds. The number of thiophene rings is 1. The number of amides is 1. The van der Waals surface area contributed by atoms with Crippen molar-refractivity contribution in [1.82, 2.24) is 4.90 Å². The van der Waals surface area contributed by atoms with E-state index in [4.69, 9.17) is 35.4 Å². The molecule has 3 aromatic rings. The van der Waals surface area contributed by atoms with Crippen LogP contribution in [-0.4, -0.2) is 21.2 Å². The normalized spacial score (nSPS) is 25.2. The average molecular weight is 543 g/mol. The van der Waals surface area contributed by atoms with Gasteiger partial charge < -0.3 is 0 Å². The largest absolute Gasteiger partial charge is 0.289 e. The van der Waals surface area contributed by atoms with Crippen LogP contribution in [0.25, 0.3) is 27.6 Å². The number of carbonyl (C=O) groups is 1. The molecule has 2 heterocycles. The Bertz CT molecular complexity index is 1310. The molecule has 3 unspecified atom stereocenters. The number of thioether (sulfide) groups is 1. The number of hydrogen-bond donors (Lipinski definition) is 0. The maximum absolute atomic E-state index is 13.5. The first kappa shape index (κ1) is 22.8. The molecular weight excluding hydrogens is 521 g/mol. The van der Waals surface area contributed by atoms with Gasteiger partial charge in [0.05, 0.1) is 4.91 Å². The zero-order valence-electron chi connectivity index (χ0n) is 18.2. The van der Waals surface area contributed by atoms with E-state index < -0.39 is 0 Å². The molecule has 0 radical (unpaired) electrons. The first-order valence-electron chi connectivity index (χ1n) is 11.4. The number of benzene rings is 2. The third-order valence-electron chi connectivity index (χ3n) is 7.16. The summed E-state index contributed by atoms with van der Waals surface area (Å²) in [5.41, 5.74) is 3.24. The van der Waals surface area contributed by atoms with Gasteiger partial charge in [0.1, 0.15) is 4.32 Å². The molecule has 3 fully saturated rings. The van der Waals surface area contributed by atoms with E-state index in [1.165, 1.54) is 31.0 Å². The van der Waals surface area contributed by atoms with Gasteiger partial charge in [0.25, 0.3) is 5.91 Å². The third kappa shape index (κ3) is 4.16. The molecule has 0 N–H and O–H groups in total. The fourth-order valence-corrected chi connectivity index (χ4v) is 8.35. The number of carbonyl (C=O) groups excluding carboxylic acids is 1. The molecule has 3 atom stereocenters. The molecule has 2 bridgehead atoms. The van der Waals surface area contributed by atoms with Crippen LogP contribution in [0, 0.1) is 11.8 Å². The second-order valence-corrected chi connectivity index (χ2v) is 12.8. The van der Waals surface area contributed by atoms with Gasteiger partial charge in [-0.1, -0.05) is 77.9 Å². The smallest absolute Gasteiger partial charge is 0.266 e. The van der Waals surface area contributed by atoms with E-state index in [1.807, 2.05) is 59.5 Å². The molecule has 0 spiro atoms. The topological polar surface area (TPSA) is 20.3 Å². The summed E-state index contributed by atoms with van der Waals surface area (Å²) in [5, 5.41) is 1.41. The SMILES string of the molecule is O=C1C(=Cc2sc(-c3ccc(Cl)cc3)cc2-c2ccc(Cl)cc2)SC(=S)N1C1CC2CCC1C2. The Balaban J connectivity index is 1.38. The van der Waals surface area contributed by atoms with Crippen LogP contribution in [0.3, 0.4) is 0 Å². The van der Waals surface area contributed by atoms with Gasteiger partial charge in [0.2, 0.25) is 0 Å². The average Bonchev–Trinajstić information content (AvgIpc) is 3.60. The minimum Gasteiger partial charge on any atom is -0.289 e. The maximum atomic E-state index is 13.5. The number of hydrogen-bond acceptors (Lipinski definition) is 4. The summed E-state index contributed by atoms with van der Waals surface area (Å²) >= 11 is 21.1. The van der Waals surface area contributed by atoms with Gasteiger partial charge in [-0.05, 0) is 78.6 Å². The Kier molecular flexibility index (Phi) is 6.11. The van der Waals surface area contributed by atoms with Crippen molar-refractivity contribution in [3.8, 4) is 21.6 Å². The highest BCUT2D eigenvalue weighted by Gasteiger charge is 2.48. The summed E-state index contributed by atoms with van der Waals surface area (Å²) in [6, 6.07) is 18.2. The Hall–Kier alpha value is -1.63. The predicted octanol–water partition coefficient (Wildman–Crippen LogP) is 8.78. The van der Waals surface area contributed by atoms with Crippen LogP contribution in [-0.2, 0) is 4.79 Å². The molecule has 1 saturated heterocycles. The van der Waals surface area contributed by atoms with Crippen molar-refractivity contribution in [2.75, 3.05) is 0 Å². The first-order valence-corrected chi connectivity index (χ1v) is 14.2. The molecule has 6 rings (SSSR count). The number of fused-ring (bicyclic) bond motifs is 2. The molecule has 3 aliphatic rings. The Labute approximate surface area is 223 Å². The highest BCUT2D eigenvalue weighted by Crippen LogP contribution is 2.50. The van der Waals surface area contributed by atoms with E-state index in [0.29, 0.717) is 25.2 Å². The molecule has 1 aliphatic heterocycles. The first-order chi connectivity index (χ1) is 16.5. The van der Waals surface area contributed by atoms with Crippen molar-refractivity contribution in [3.63, 3.8) is 0 Å². The minimum absolute atomic E-state index is 0.0658. The summed E-state index contributed by atoms with van der Waals surface area (Å²) in [6.07, 6.45) is 6.90. The zero-order valence-corrected chi connectivity index (χ0v) is 22.1. The van der Waals surface area contributed by atoms with Gasteiger partial charge in [-0.15, -0.1) is 11.3 Å². The van der Waals surface area contributed by atoms with E-state index in [-0.39, 0.29) is 11.9 Å². The monoisotopic (exact) mass is 541 g/mol. The lowest BCUT2D eigenvalue weighted by atomic mass is 9.94. The maximum Gasteiger partial charge on any atom is 0.266 e. The van der Waals surface area contributed by atoms with Crippen molar-refractivity contribution in [1.29, 1.82) is 0 Å². The summed E-state index contributed by atoms with van der Waals surface area (Å²) in [7, 11) is 0. The second kappa shape index (κ2) is 9.11. The Morgan fingerprint density at radius 1 is 0.941 bits per heavy atom. The summed E-state index contributed by atoms with van der Waals surface area (Å²) in [6.45, 7) is 0. The number of rotatable bonds is 4. The fraction of sp³-hybridized carbons (Fsp3) is 0.259. The van der Waals surface area contributed by atoms with E-state index in [2.05, 4.69) is 6.07 Å². The lowest BCUT2D eigenvalue weighted by Crippen LogP contribution is -2.41. The summed E-state index contributed by atoms with van der Waals surface area (Å²) in [4.78, 5) is 18.3. The van der Waals surface area contributed by atoms with Crippen LogP contribution in [0.5, 0.6) is 0 Å². The summed E-state index contributed by atoms with van der Waals surface area (Å²) in [5.74, 6) is 1.44. The number of halogens is 2. The quantitative estimate of drug-likeness (QED) is 0.243. The molecule has 7 heteroatoms. The summed E-state index contributed by atoms with van der Waals surface area (Å²) < 4.78 is 0.705. The van der Waals surface area contributed by atoms with Crippen molar-refractivity contribution in [2.45, 2.75) is 31.7 Å². The molecule has 1 aromatic heterocycles. The minimum atomic E-state index is 0.0658. The molecule has 2 saturated carbocycles. The highest BCUT2D eigenvalue weighted by molar-refractivity contribution is 8.26. The second-order valence-electron chi connectivity index (χ2n) is 9.20. The highest BCUT2D eigenvalue weighted by atomic mass is 35.5. The standard InChI is InChI=1S/C27H21Cl2NOS3/c28-19-7-3-16(4-8-19)21-13-23(17-5-9-20(29)10-6-17)33-24(21)14-25-26(31)30(27(32)34-25)22-12-15-1-2-18(22)11-15/h3-10,13-15,18,22H,1-2,11-12H2. The molecule has 2 aliphatic carbocycles.